The van der Waals surface area contributed by atoms with Gasteiger partial charge >= 0.3 is 0 Å². The number of rotatable bonds is 2. The maximum atomic E-state index is 12.3. The molecule has 0 spiro atoms. The van der Waals surface area contributed by atoms with Crippen molar-refractivity contribution >= 4 is 15.9 Å². The van der Waals surface area contributed by atoms with Gasteiger partial charge in [0.25, 0.3) is 0 Å². The number of hydrogen-bond donors (Lipinski definition) is 1. The highest BCUT2D eigenvalue weighted by Crippen LogP contribution is 2.24. The fourth-order valence-corrected chi connectivity index (χ4v) is 4.61. The van der Waals surface area contributed by atoms with Crippen molar-refractivity contribution in [2.75, 3.05) is 25.4 Å². The normalized spacial score (nSPS) is 29.7. The molecule has 0 bridgehead atoms. The van der Waals surface area contributed by atoms with Crippen molar-refractivity contribution in [3.8, 4) is 0 Å². The molecule has 0 saturated carbocycles. The molecule has 0 aromatic heterocycles. The van der Waals surface area contributed by atoms with Crippen LogP contribution in [0.1, 0.15) is 27.2 Å². The van der Waals surface area contributed by atoms with Crippen molar-refractivity contribution in [3.05, 3.63) is 0 Å². The van der Waals surface area contributed by atoms with Crippen molar-refractivity contribution in [2.24, 2.45) is 5.41 Å². The van der Waals surface area contributed by atoms with Gasteiger partial charge in [-0.2, -0.15) is 4.31 Å². The first-order valence-electron chi connectivity index (χ1n) is 6.56. The third-order valence-corrected chi connectivity index (χ3v) is 5.65. The van der Waals surface area contributed by atoms with Crippen molar-refractivity contribution in [1.29, 1.82) is 0 Å². The monoisotopic (exact) mass is 290 g/mol. The first kappa shape index (κ1) is 14.7. The number of piperidine rings is 1. The fraction of sp³-hybridized carbons (Fsp3) is 0.917. The molecule has 1 amide bonds. The van der Waals surface area contributed by atoms with Crippen molar-refractivity contribution < 1.29 is 17.9 Å². The summed E-state index contributed by atoms with van der Waals surface area (Å²) in [7, 11) is -3.28. The molecule has 7 heteroatoms. The average Bonchev–Trinajstić information content (AvgIpc) is 2.24. The van der Waals surface area contributed by atoms with Gasteiger partial charge in [0, 0.05) is 13.1 Å². The summed E-state index contributed by atoms with van der Waals surface area (Å²) in [6.07, 6.45) is 0.577. The third kappa shape index (κ3) is 3.67. The number of sulfonamides is 1. The predicted octanol–water partition coefficient (Wildman–Crippen LogP) is -0.0484. The minimum absolute atomic E-state index is 0.0567. The fourth-order valence-electron chi connectivity index (χ4n) is 2.56. The van der Waals surface area contributed by atoms with Gasteiger partial charge in [0.05, 0.1) is 17.9 Å². The van der Waals surface area contributed by atoms with E-state index in [1.54, 1.807) is 0 Å². The van der Waals surface area contributed by atoms with E-state index in [4.69, 9.17) is 4.74 Å². The summed E-state index contributed by atoms with van der Waals surface area (Å²) in [5.74, 6) is -0.0528. The van der Waals surface area contributed by atoms with Gasteiger partial charge in [-0.25, -0.2) is 8.42 Å². The minimum atomic E-state index is -3.28. The Morgan fingerprint density at radius 1 is 1.42 bits per heavy atom. The molecule has 0 aromatic rings. The van der Waals surface area contributed by atoms with Gasteiger partial charge in [-0.15, -0.1) is 0 Å². The molecule has 2 aliphatic heterocycles. The zero-order valence-electron chi connectivity index (χ0n) is 11.7. The largest absolute Gasteiger partial charge is 0.366 e. The Balaban J connectivity index is 2.05. The first-order chi connectivity index (χ1) is 8.67. The number of hydrogen-bond acceptors (Lipinski definition) is 4. The quantitative estimate of drug-likeness (QED) is 0.774. The molecule has 6 nitrogen and oxygen atoms in total. The Kier molecular flexibility index (Phi) is 3.90. The van der Waals surface area contributed by atoms with Gasteiger partial charge in [-0.1, -0.05) is 20.8 Å². The Labute approximate surface area is 114 Å². The number of carbonyl (C=O) groups is 1. The van der Waals surface area contributed by atoms with Gasteiger partial charge in [-0.05, 0) is 11.8 Å². The molecule has 110 valence electrons. The topological polar surface area (TPSA) is 75.7 Å². The second-order valence-corrected chi connectivity index (χ2v) is 8.46. The van der Waals surface area contributed by atoms with Crippen molar-refractivity contribution in [1.82, 2.24) is 9.62 Å². The molecule has 0 aromatic carbocycles. The van der Waals surface area contributed by atoms with Crippen LogP contribution >= 0.6 is 0 Å². The van der Waals surface area contributed by atoms with Gasteiger partial charge < -0.3 is 10.1 Å². The molecule has 1 N–H and O–H groups in total. The Morgan fingerprint density at radius 3 is 2.74 bits per heavy atom. The van der Waals surface area contributed by atoms with Crippen LogP contribution in [0.15, 0.2) is 0 Å². The lowest BCUT2D eigenvalue weighted by Crippen LogP contribution is -2.61. The summed E-state index contributed by atoms with van der Waals surface area (Å²) in [5, 5.41) is 2.81. The number of morpholine rings is 1. The molecule has 0 aliphatic carbocycles. The van der Waals surface area contributed by atoms with Gasteiger partial charge in [0.15, 0.2) is 0 Å². The molecule has 0 unspecified atom stereocenters. The molecule has 2 aliphatic rings. The summed E-state index contributed by atoms with van der Waals surface area (Å²) >= 11 is 0. The summed E-state index contributed by atoms with van der Waals surface area (Å²) < 4.78 is 31.6. The number of nitrogens with one attached hydrogen (secondary N) is 1. The van der Waals surface area contributed by atoms with Crippen LogP contribution in [-0.4, -0.2) is 56.2 Å². The Bertz CT molecular complexity index is 455. The highest BCUT2D eigenvalue weighted by atomic mass is 32.2. The van der Waals surface area contributed by atoms with Crippen LogP contribution in [0.2, 0.25) is 0 Å². The molecule has 2 fully saturated rings. The molecular weight excluding hydrogens is 268 g/mol. The summed E-state index contributed by atoms with van der Waals surface area (Å²) in [5.41, 5.74) is -0.276. The summed E-state index contributed by atoms with van der Waals surface area (Å²) in [6, 6.07) is -0.218. The second kappa shape index (κ2) is 5.03. The summed E-state index contributed by atoms with van der Waals surface area (Å²) in [6.45, 7) is 6.58. The lowest BCUT2D eigenvalue weighted by molar-refractivity contribution is -0.139. The predicted molar refractivity (Wildman–Crippen MR) is 71.1 cm³/mol. The number of amides is 1. The average molecular weight is 290 g/mol. The molecule has 2 atom stereocenters. The lowest BCUT2D eigenvalue weighted by Gasteiger charge is -2.41. The van der Waals surface area contributed by atoms with Crippen LogP contribution in [0.4, 0.5) is 0 Å². The lowest BCUT2D eigenvalue weighted by atomic mass is 10.0. The van der Waals surface area contributed by atoms with E-state index in [2.05, 4.69) is 5.32 Å². The SMILES string of the molecule is CC(C)(C)CS(=O)(=O)N1CC[C@H]2OCC(=O)N[C@H]2C1. The Hall–Kier alpha value is -0.660. The number of ether oxygens (including phenoxy) is 1. The maximum Gasteiger partial charge on any atom is 0.246 e. The zero-order valence-corrected chi connectivity index (χ0v) is 12.5. The van der Waals surface area contributed by atoms with E-state index in [1.807, 2.05) is 20.8 Å². The van der Waals surface area contributed by atoms with E-state index in [0.717, 1.165) is 0 Å². The Morgan fingerprint density at radius 2 is 2.11 bits per heavy atom. The number of fused-ring (bicyclic) bond motifs is 1. The molecule has 2 saturated heterocycles. The van der Waals surface area contributed by atoms with Gasteiger partial charge in [0.2, 0.25) is 15.9 Å². The van der Waals surface area contributed by atoms with Crippen LogP contribution < -0.4 is 5.32 Å². The van der Waals surface area contributed by atoms with E-state index in [9.17, 15) is 13.2 Å². The van der Waals surface area contributed by atoms with E-state index in [1.165, 1.54) is 4.31 Å². The van der Waals surface area contributed by atoms with Gasteiger partial charge in [0.1, 0.15) is 6.61 Å². The second-order valence-electron chi connectivity index (χ2n) is 6.49. The van der Waals surface area contributed by atoms with Crippen molar-refractivity contribution in [2.45, 2.75) is 39.3 Å². The summed E-state index contributed by atoms with van der Waals surface area (Å²) in [4.78, 5) is 11.3. The molecular formula is C12H22N2O4S. The van der Waals surface area contributed by atoms with Crippen LogP contribution in [0.25, 0.3) is 0 Å². The van der Waals surface area contributed by atoms with Crippen LogP contribution in [-0.2, 0) is 19.6 Å². The van der Waals surface area contributed by atoms with Gasteiger partial charge in [-0.3, -0.25) is 4.79 Å². The third-order valence-electron chi connectivity index (χ3n) is 3.30. The van der Waals surface area contributed by atoms with E-state index in [-0.39, 0.29) is 35.8 Å². The molecule has 0 radical (unpaired) electrons. The van der Waals surface area contributed by atoms with E-state index < -0.39 is 10.0 Å². The number of carbonyl (C=O) groups excluding carboxylic acids is 1. The zero-order chi connectivity index (χ0) is 14.3. The molecule has 2 heterocycles. The maximum absolute atomic E-state index is 12.3. The van der Waals surface area contributed by atoms with Crippen LogP contribution in [0, 0.1) is 5.41 Å². The smallest absolute Gasteiger partial charge is 0.246 e. The molecule has 2 rings (SSSR count). The standard InChI is InChI=1S/C12H22N2O4S/c1-12(2,3)8-19(16,17)14-5-4-10-9(6-14)13-11(15)7-18-10/h9-10H,4-8H2,1-3H3,(H,13,15)/t9-,10+/m0/s1. The van der Waals surface area contributed by atoms with Crippen LogP contribution in [0.5, 0.6) is 0 Å². The molecule has 19 heavy (non-hydrogen) atoms. The highest BCUT2D eigenvalue weighted by Gasteiger charge is 2.39. The van der Waals surface area contributed by atoms with Crippen molar-refractivity contribution in [3.63, 3.8) is 0 Å². The van der Waals surface area contributed by atoms with Crippen LogP contribution in [0.3, 0.4) is 0 Å². The van der Waals surface area contributed by atoms with E-state index in [0.29, 0.717) is 19.5 Å². The first-order valence-corrected chi connectivity index (χ1v) is 8.17. The number of nitrogens with zero attached hydrogens (tertiary/aromatic N) is 1. The van der Waals surface area contributed by atoms with E-state index >= 15 is 0 Å². The minimum Gasteiger partial charge on any atom is -0.366 e. The highest BCUT2D eigenvalue weighted by molar-refractivity contribution is 7.89.